The highest BCUT2D eigenvalue weighted by Gasteiger charge is 2.31. The molecule has 0 radical (unpaired) electrons. The van der Waals surface area contributed by atoms with Gasteiger partial charge in [0.05, 0.1) is 6.54 Å². The van der Waals surface area contributed by atoms with Gasteiger partial charge in [0.1, 0.15) is 0 Å². The van der Waals surface area contributed by atoms with Crippen LogP contribution in [0.1, 0.15) is 28.8 Å². The van der Waals surface area contributed by atoms with Crippen molar-refractivity contribution < 1.29 is 4.52 Å². The van der Waals surface area contributed by atoms with E-state index in [2.05, 4.69) is 63.6 Å². The van der Waals surface area contributed by atoms with Crippen LogP contribution in [0.2, 0.25) is 0 Å². The zero-order valence-electron chi connectivity index (χ0n) is 14.8. The lowest BCUT2D eigenvalue weighted by molar-refractivity contribution is 0.263. The Bertz CT molecular complexity index is 818. The van der Waals surface area contributed by atoms with Gasteiger partial charge in [0, 0.05) is 31.5 Å². The summed E-state index contributed by atoms with van der Waals surface area (Å²) in [6, 6.07) is 21.0. The third-order valence-corrected chi connectivity index (χ3v) is 5.02. The summed E-state index contributed by atoms with van der Waals surface area (Å²) in [6.45, 7) is 2.43. The molecular weight excluding hydrogens is 324 g/mol. The lowest BCUT2D eigenvalue weighted by Crippen LogP contribution is -2.28. The Kier molecular flexibility index (Phi) is 5.09. The Hall–Kier alpha value is -2.50. The highest BCUT2D eigenvalue weighted by molar-refractivity contribution is 5.23. The SMILES string of the molecule is N[C@@H]1CN(Cc2nc(CCc3ccccc3)no2)C[C@H]1c1ccccc1. The van der Waals surface area contributed by atoms with E-state index in [4.69, 9.17) is 10.3 Å². The largest absolute Gasteiger partial charge is 0.338 e. The van der Waals surface area contributed by atoms with E-state index in [-0.39, 0.29) is 6.04 Å². The van der Waals surface area contributed by atoms with Gasteiger partial charge in [0.15, 0.2) is 5.82 Å². The molecule has 1 fully saturated rings. The Morgan fingerprint density at radius 3 is 2.46 bits per heavy atom. The fourth-order valence-electron chi connectivity index (χ4n) is 3.64. The molecule has 2 heterocycles. The molecule has 0 spiro atoms. The number of hydrogen-bond donors (Lipinski definition) is 1. The highest BCUT2D eigenvalue weighted by Crippen LogP contribution is 2.27. The fourth-order valence-corrected chi connectivity index (χ4v) is 3.64. The molecule has 2 atom stereocenters. The first-order chi connectivity index (χ1) is 12.8. The average molecular weight is 348 g/mol. The van der Waals surface area contributed by atoms with Crippen molar-refractivity contribution in [2.24, 2.45) is 5.73 Å². The van der Waals surface area contributed by atoms with Crippen LogP contribution >= 0.6 is 0 Å². The van der Waals surface area contributed by atoms with Crippen LogP contribution in [-0.4, -0.2) is 34.2 Å². The van der Waals surface area contributed by atoms with E-state index in [9.17, 15) is 0 Å². The fraction of sp³-hybridized carbons (Fsp3) is 0.333. The zero-order chi connectivity index (χ0) is 17.8. The number of rotatable bonds is 6. The molecule has 5 heteroatoms. The second kappa shape index (κ2) is 7.81. The summed E-state index contributed by atoms with van der Waals surface area (Å²) in [5.41, 5.74) is 8.95. The molecule has 0 unspecified atom stereocenters. The molecule has 1 aliphatic rings. The molecule has 1 aliphatic heterocycles. The lowest BCUT2D eigenvalue weighted by Gasteiger charge is -2.14. The van der Waals surface area contributed by atoms with Crippen molar-refractivity contribution in [3.05, 3.63) is 83.5 Å². The third-order valence-electron chi connectivity index (χ3n) is 5.02. The number of likely N-dealkylation sites (tertiary alicyclic amines) is 1. The van der Waals surface area contributed by atoms with Crippen molar-refractivity contribution >= 4 is 0 Å². The molecule has 5 nitrogen and oxygen atoms in total. The molecule has 4 rings (SSSR count). The van der Waals surface area contributed by atoms with Crippen molar-refractivity contribution in [1.82, 2.24) is 15.0 Å². The molecule has 0 bridgehead atoms. The molecule has 2 aromatic carbocycles. The van der Waals surface area contributed by atoms with Gasteiger partial charge in [-0.2, -0.15) is 4.98 Å². The molecule has 26 heavy (non-hydrogen) atoms. The maximum Gasteiger partial charge on any atom is 0.240 e. The van der Waals surface area contributed by atoms with Crippen LogP contribution < -0.4 is 5.73 Å². The van der Waals surface area contributed by atoms with Gasteiger partial charge in [-0.25, -0.2) is 0 Å². The lowest BCUT2D eigenvalue weighted by atomic mass is 9.95. The van der Waals surface area contributed by atoms with Gasteiger partial charge >= 0.3 is 0 Å². The van der Waals surface area contributed by atoms with E-state index in [1.807, 2.05) is 12.1 Å². The predicted molar refractivity (Wildman–Crippen MR) is 101 cm³/mol. The summed E-state index contributed by atoms with van der Waals surface area (Å²) in [4.78, 5) is 6.85. The molecular formula is C21H24N4O. The molecule has 0 amide bonds. The topological polar surface area (TPSA) is 68.2 Å². The van der Waals surface area contributed by atoms with E-state index in [1.54, 1.807) is 0 Å². The molecule has 134 valence electrons. The van der Waals surface area contributed by atoms with E-state index >= 15 is 0 Å². The molecule has 1 saturated heterocycles. The number of aromatic nitrogens is 2. The maximum atomic E-state index is 6.36. The van der Waals surface area contributed by atoms with Crippen LogP contribution in [0.5, 0.6) is 0 Å². The van der Waals surface area contributed by atoms with Crippen LogP contribution in [0.4, 0.5) is 0 Å². The second-order valence-electron chi connectivity index (χ2n) is 6.97. The van der Waals surface area contributed by atoms with E-state index < -0.39 is 0 Å². The van der Waals surface area contributed by atoms with Gasteiger partial charge in [0.2, 0.25) is 5.89 Å². The minimum Gasteiger partial charge on any atom is -0.338 e. The zero-order valence-corrected chi connectivity index (χ0v) is 14.8. The molecule has 2 N–H and O–H groups in total. The van der Waals surface area contributed by atoms with Gasteiger partial charge in [-0.15, -0.1) is 0 Å². The van der Waals surface area contributed by atoms with Gasteiger partial charge in [-0.1, -0.05) is 65.8 Å². The number of nitrogens with zero attached hydrogens (tertiary/aromatic N) is 3. The van der Waals surface area contributed by atoms with Crippen molar-refractivity contribution in [2.75, 3.05) is 13.1 Å². The van der Waals surface area contributed by atoms with Gasteiger partial charge in [-0.05, 0) is 17.5 Å². The molecule has 0 saturated carbocycles. The smallest absolute Gasteiger partial charge is 0.240 e. The summed E-state index contributed by atoms with van der Waals surface area (Å²) >= 11 is 0. The minimum atomic E-state index is 0.137. The Morgan fingerprint density at radius 1 is 0.962 bits per heavy atom. The second-order valence-corrected chi connectivity index (χ2v) is 6.97. The normalized spacial score (nSPS) is 20.5. The summed E-state index contributed by atoms with van der Waals surface area (Å²) in [7, 11) is 0. The first-order valence-electron chi connectivity index (χ1n) is 9.16. The molecule has 1 aromatic heterocycles. The van der Waals surface area contributed by atoms with Crippen molar-refractivity contribution in [3.63, 3.8) is 0 Å². The molecule has 0 aliphatic carbocycles. The number of hydrogen-bond acceptors (Lipinski definition) is 5. The van der Waals surface area contributed by atoms with Crippen molar-refractivity contribution in [1.29, 1.82) is 0 Å². The summed E-state index contributed by atoms with van der Waals surface area (Å²) in [5.74, 6) is 1.80. The average Bonchev–Trinajstić information content (AvgIpc) is 3.28. The molecule has 3 aromatic rings. The quantitative estimate of drug-likeness (QED) is 0.742. The highest BCUT2D eigenvalue weighted by atomic mass is 16.5. The maximum absolute atomic E-state index is 6.36. The Balaban J connectivity index is 1.33. The van der Waals surface area contributed by atoms with Gasteiger partial charge in [0.25, 0.3) is 0 Å². The van der Waals surface area contributed by atoms with Gasteiger partial charge in [-0.3, -0.25) is 4.90 Å². The van der Waals surface area contributed by atoms with Crippen LogP contribution in [-0.2, 0) is 19.4 Å². The number of aryl methyl sites for hydroxylation is 2. The van der Waals surface area contributed by atoms with E-state index in [1.165, 1.54) is 11.1 Å². The van der Waals surface area contributed by atoms with Crippen LogP contribution in [0.15, 0.2) is 65.2 Å². The minimum absolute atomic E-state index is 0.137. The van der Waals surface area contributed by atoms with E-state index in [0.29, 0.717) is 18.4 Å². The monoisotopic (exact) mass is 348 g/mol. The summed E-state index contributed by atoms with van der Waals surface area (Å²) in [5, 5.41) is 4.13. The van der Waals surface area contributed by atoms with Crippen molar-refractivity contribution in [2.45, 2.75) is 31.3 Å². The van der Waals surface area contributed by atoms with Crippen LogP contribution in [0.25, 0.3) is 0 Å². The van der Waals surface area contributed by atoms with Gasteiger partial charge < -0.3 is 10.3 Å². The third kappa shape index (κ3) is 4.00. The number of nitrogens with two attached hydrogens (primary N) is 1. The van der Waals surface area contributed by atoms with Crippen LogP contribution in [0, 0.1) is 0 Å². The first kappa shape index (κ1) is 16.9. The standard InChI is InChI=1S/C21H24N4O/c22-19-14-25(13-18(19)17-9-5-2-6-10-17)15-21-23-20(24-26-21)12-11-16-7-3-1-4-8-16/h1-10,18-19H,11-15,22H2/t18-,19+/m0/s1. The Labute approximate surface area is 153 Å². The predicted octanol–water partition coefficient (Wildman–Crippen LogP) is 2.78. The first-order valence-corrected chi connectivity index (χ1v) is 9.16. The van der Waals surface area contributed by atoms with Crippen LogP contribution in [0.3, 0.4) is 0 Å². The van der Waals surface area contributed by atoms with E-state index in [0.717, 1.165) is 31.8 Å². The number of benzene rings is 2. The summed E-state index contributed by atoms with van der Waals surface area (Å²) in [6.07, 6.45) is 1.71. The summed E-state index contributed by atoms with van der Waals surface area (Å²) < 4.78 is 5.45. The van der Waals surface area contributed by atoms with Crippen molar-refractivity contribution in [3.8, 4) is 0 Å². The Morgan fingerprint density at radius 2 is 1.69 bits per heavy atom.